The molecule has 2 nitrogen and oxygen atoms in total. The lowest BCUT2D eigenvalue weighted by Gasteiger charge is -2.13. The van der Waals surface area contributed by atoms with Gasteiger partial charge in [-0.2, -0.15) is 5.26 Å². The highest BCUT2D eigenvalue weighted by Crippen LogP contribution is 2.22. The Labute approximate surface area is 73.0 Å². The zero-order valence-corrected chi connectivity index (χ0v) is 7.46. The van der Waals surface area contributed by atoms with Crippen molar-refractivity contribution in [3.8, 4) is 6.07 Å². The highest BCUT2D eigenvalue weighted by atomic mass is 19.1. The molecule has 0 aliphatic carbocycles. The largest absolute Gasteiger partial charge is 0.306 e. The van der Waals surface area contributed by atoms with E-state index in [1.807, 2.05) is 7.05 Å². The van der Waals surface area contributed by atoms with Gasteiger partial charge >= 0.3 is 0 Å². The lowest BCUT2D eigenvalue weighted by atomic mass is 9.96. The molecule has 1 aliphatic rings. The first-order valence-corrected chi connectivity index (χ1v) is 4.43. The molecule has 1 fully saturated rings. The topological polar surface area (TPSA) is 27.0 Å². The Morgan fingerprint density at radius 3 is 2.83 bits per heavy atom. The van der Waals surface area contributed by atoms with Crippen molar-refractivity contribution < 1.29 is 4.39 Å². The fraction of sp³-hybridized carbons (Fsp3) is 0.889. The zero-order valence-electron chi connectivity index (χ0n) is 7.46. The second-order valence-electron chi connectivity index (χ2n) is 3.52. The lowest BCUT2D eigenvalue weighted by Crippen LogP contribution is -2.18. The molecule has 0 amide bonds. The maximum absolute atomic E-state index is 13.3. The van der Waals surface area contributed by atoms with Crippen LogP contribution in [0.1, 0.15) is 19.3 Å². The molecule has 68 valence electrons. The van der Waals surface area contributed by atoms with Crippen LogP contribution in [0.15, 0.2) is 0 Å². The second kappa shape index (κ2) is 4.42. The molecule has 0 aromatic heterocycles. The van der Waals surface area contributed by atoms with Crippen LogP contribution in [-0.4, -0.2) is 31.2 Å². The Morgan fingerprint density at radius 1 is 1.50 bits per heavy atom. The van der Waals surface area contributed by atoms with E-state index in [1.54, 1.807) is 0 Å². The van der Waals surface area contributed by atoms with E-state index in [0.29, 0.717) is 12.8 Å². The Kier molecular flexibility index (Phi) is 3.48. The molecule has 2 atom stereocenters. The normalized spacial score (nSPS) is 32.4. The van der Waals surface area contributed by atoms with Crippen LogP contribution in [0.25, 0.3) is 0 Å². The van der Waals surface area contributed by atoms with E-state index in [2.05, 4.69) is 11.0 Å². The van der Waals surface area contributed by atoms with Crippen molar-refractivity contribution in [2.24, 2.45) is 5.92 Å². The van der Waals surface area contributed by atoms with E-state index in [1.165, 1.54) is 0 Å². The molecule has 0 N–H and O–H groups in total. The molecule has 0 bridgehead atoms. The minimum Gasteiger partial charge on any atom is -0.306 e. The van der Waals surface area contributed by atoms with E-state index >= 15 is 0 Å². The van der Waals surface area contributed by atoms with Gasteiger partial charge in [-0.3, -0.25) is 0 Å². The molecule has 1 heterocycles. The molecule has 12 heavy (non-hydrogen) atoms. The van der Waals surface area contributed by atoms with Crippen LogP contribution in [0.3, 0.4) is 0 Å². The highest BCUT2D eigenvalue weighted by molar-refractivity contribution is 4.83. The predicted octanol–water partition coefficient (Wildman–Crippen LogP) is 1.58. The molecule has 2 unspecified atom stereocenters. The first kappa shape index (κ1) is 9.47. The van der Waals surface area contributed by atoms with Gasteiger partial charge in [-0.15, -0.1) is 0 Å². The minimum atomic E-state index is -0.769. The summed E-state index contributed by atoms with van der Waals surface area (Å²) in [6.07, 6.45) is 1.01. The Balaban J connectivity index is 2.45. The molecule has 1 rings (SSSR count). The summed E-state index contributed by atoms with van der Waals surface area (Å²) in [5.41, 5.74) is 0. The Morgan fingerprint density at radius 2 is 2.17 bits per heavy atom. The summed E-state index contributed by atoms with van der Waals surface area (Å²) in [7, 11) is 2.00. The maximum atomic E-state index is 13.3. The van der Waals surface area contributed by atoms with Crippen LogP contribution >= 0.6 is 0 Å². The van der Waals surface area contributed by atoms with E-state index in [4.69, 9.17) is 5.26 Å². The molecule has 0 saturated carbocycles. The van der Waals surface area contributed by atoms with Gasteiger partial charge in [0, 0.05) is 18.9 Å². The SMILES string of the molecule is CN1CCC(F)C(CC#N)CC1. The van der Waals surface area contributed by atoms with E-state index in [9.17, 15) is 4.39 Å². The van der Waals surface area contributed by atoms with Crippen LogP contribution in [0.2, 0.25) is 0 Å². The fourth-order valence-electron chi connectivity index (χ4n) is 1.61. The van der Waals surface area contributed by atoms with Gasteiger partial charge in [0.25, 0.3) is 0 Å². The average molecular weight is 170 g/mol. The van der Waals surface area contributed by atoms with Gasteiger partial charge < -0.3 is 4.90 Å². The van der Waals surface area contributed by atoms with Crippen LogP contribution in [-0.2, 0) is 0 Å². The number of hydrogen-bond acceptors (Lipinski definition) is 2. The van der Waals surface area contributed by atoms with E-state index in [0.717, 1.165) is 19.5 Å². The fourth-order valence-corrected chi connectivity index (χ4v) is 1.61. The summed E-state index contributed by atoms with van der Waals surface area (Å²) in [5.74, 6) is -0.0278. The van der Waals surface area contributed by atoms with Crippen molar-refractivity contribution in [3.63, 3.8) is 0 Å². The quantitative estimate of drug-likeness (QED) is 0.597. The smallest absolute Gasteiger partial charge is 0.105 e. The highest BCUT2D eigenvalue weighted by Gasteiger charge is 2.24. The molecule has 0 aromatic rings. The third-order valence-corrected chi connectivity index (χ3v) is 2.53. The predicted molar refractivity (Wildman–Crippen MR) is 45.3 cm³/mol. The second-order valence-corrected chi connectivity index (χ2v) is 3.52. The van der Waals surface area contributed by atoms with Crippen molar-refractivity contribution in [2.75, 3.05) is 20.1 Å². The summed E-state index contributed by atoms with van der Waals surface area (Å²) >= 11 is 0. The Hall–Kier alpha value is -0.620. The van der Waals surface area contributed by atoms with E-state index in [-0.39, 0.29) is 5.92 Å². The number of hydrogen-bond donors (Lipinski definition) is 0. The van der Waals surface area contributed by atoms with Crippen molar-refractivity contribution in [2.45, 2.75) is 25.4 Å². The van der Waals surface area contributed by atoms with Crippen LogP contribution < -0.4 is 0 Å². The number of alkyl halides is 1. The van der Waals surface area contributed by atoms with Gasteiger partial charge in [0.2, 0.25) is 0 Å². The minimum absolute atomic E-state index is 0.0278. The van der Waals surface area contributed by atoms with Crippen molar-refractivity contribution in [1.29, 1.82) is 5.26 Å². The van der Waals surface area contributed by atoms with Gasteiger partial charge in [-0.1, -0.05) is 0 Å². The zero-order chi connectivity index (χ0) is 8.97. The van der Waals surface area contributed by atoms with Gasteiger partial charge in [-0.25, -0.2) is 4.39 Å². The number of halogens is 1. The molecule has 1 saturated heterocycles. The monoisotopic (exact) mass is 170 g/mol. The standard InChI is InChI=1S/C9H15FN2/c1-12-6-3-8(2-5-11)9(10)4-7-12/h8-9H,2-4,6-7H2,1H3. The first-order chi connectivity index (χ1) is 5.74. The van der Waals surface area contributed by atoms with E-state index < -0.39 is 6.17 Å². The third-order valence-electron chi connectivity index (χ3n) is 2.53. The van der Waals surface area contributed by atoms with Crippen LogP contribution in [0.4, 0.5) is 4.39 Å². The van der Waals surface area contributed by atoms with Crippen molar-refractivity contribution in [3.05, 3.63) is 0 Å². The number of nitriles is 1. The average Bonchev–Trinajstić information content (AvgIpc) is 2.20. The molecular weight excluding hydrogens is 155 g/mol. The third kappa shape index (κ3) is 2.46. The summed E-state index contributed by atoms with van der Waals surface area (Å²) in [6.45, 7) is 1.75. The number of nitrogens with zero attached hydrogens (tertiary/aromatic N) is 2. The molecule has 1 aliphatic heterocycles. The number of likely N-dealkylation sites (tertiary alicyclic amines) is 1. The maximum Gasteiger partial charge on any atom is 0.105 e. The lowest BCUT2D eigenvalue weighted by molar-refractivity contribution is 0.222. The molecule has 3 heteroatoms. The van der Waals surface area contributed by atoms with Gasteiger partial charge in [0.05, 0.1) is 6.07 Å². The van der Waals surface area contributed by atoms with Crippen molar-refractivity contribution in [1.82, 2.24) is 4.90 Å². The van der Waals surface area contributed by atoms with Crippen LogP contribution in [0.5, 0.6) is 0 Å². The molecular formula is C9H15FN2. The van der Waals surface area contributed by atoms with Crippen LogP contribution in [0, 0.1) is 17.2 Å². The molecule has 0 radical (unpaired) electrons. The summed E-state index contributed by atoms with van der Waals surface area (Å²) in [4.78, 5) is 2.13. The Bertz CT molecular complexity index is 176. The summed E-state index contributed by atoms with van der Waals surface area (Å²) in [6, 6.07) is 2.05. The van der Waals surface area contributed by atoms with Gasteiger partial charge in [0.15, 0.2) is 0 Å². The van der Waals surface area contributed by atoms with Crippen molar-refractivity contribution >= 4 is 0 Å². The summed E-state index contributed by atoms with van der Waals surface area (Å²) in [5, 5.41) is 8.46. The van der Waals surface area contributed by atoms with Gasteiger partial charge in [0.1, 0.15) is 6.17 Å². The van der Waals surface area contributed by atoms with Gasteiger partial charge in [-0.05, 0) is 26.4 Å². The molecule has 0 spiro atoms. The first-order valence-electron chi connectivity index (χ1n) is 4.43. The molecule has 0 aromatic carbocycles. The number of rotatable bonds is 1. The summed E-state index contributed by atoms with van der Waals surface area (Å²) < 4.78 is 13.3.